The standard InChI is InChI=1S/C50H60ClN7O9/c1-30(32(3)59)53-48(63)42-28-33-8-18-43(60)39(27-33)40-29-37(15-19-44(40)67-26-23-58-21-24-66-25-22-58)45(49(64)54-31(2)46(61)56-42)57(4)50(65)41(7-5-6-20-52)55-47(62)36-11-9-34(10-12-36)35-13-16-38(51)17-14-35/h8-19,27,29-31,41-42,45,60H,5-7,20-26,28,52H2,1-4H3,(H,53,63)(H,54,64)(H,55,62)(H,56,61). The van der Waals surface area contributed by atoms with Crippen molar-refractivity contribution in [3.63, 3.8) is 0 Å². The summed E-state index contributed by atoms with van der Waals surface area (Å²) in [5.74, 6) is -3.21. The summed E-state index contributed by atoms with van der Waals surface area (Å²) >= 11 is 6.08. The van der Waals surface area contributed by atoms with Crippen LogP contribution in [0.1, 0.15) is 67.6 Å². The van der Waals surface area contributed by atoms with Crippen molar-refractivity contribution in [3.8, 4) is 33.8 Å². The lowest BCUT2D eigenvalue weighted by molar-refractivity contribution is -0.141. The van der Waals surface area contributed by atoms with Crippen LogP contribution in [0.3, 0.4) is 0 Å². The van der Waals surface area contributed by atoms with E-state index in [-0.39, 0.29) is 31.0 Å². The number of ketones is 1. The Balaban J connectivity index is 1.37. The topological polar surface area (TPSA) is 222 Å². The van der Waals surface area contributed by atoms with Crippen molar-refractivity contribution in [2.24, 2.45) is 5.73 Å². The second kappa shape index (κ2) is 23.4. The third kappa shape index (κ3) is 13.2. The summed E-state index contributed by atoms with van der Waals surface area (Å²) < 4.78 is 11.9. The van der Waals surface area contributed by atoms with Gasteiger partial charge in [0.15, 0.2) is 5.78 Å². The van der Waals surface area contributed by atoms with Gasteiger partial charge in [-0.15, -0.1) is 0 Å². The van der Waals surface area contributed by atoms with Crippen LogP contribution >= 0.6 is 11.6 Å². The molecule has 67 heavy (non-hydrogen) atoms. The molecule has 7 N–H and O–H groups in total. The molecule has 1 fully saturated rings. The molecule has 5 amide bonds. The minimum Gasteiger partial charge on any atom is -0.507 e. The van der Waals surface area contributed by atoms with Gasteiger partial charge in [0.1, 0.15) is 42.3 Å². The molecule has 6 rings (SSSR count). The van der Waals surface area contributed by atoms with Gasteiger partial charge in [-0.2, -0.15) is 0 Å². The molecule has 1 saturated heterocycles. The average Bonchev–Trinajstić information content (AvgIpc) is 3.32. The number of hydrogen-bond acceptors (Lipinski definition) is 11. The number of likely N-dealkylation sites (N-methyl/N-ethyl adjacent to an activating group) is 1. The van der Waals surface area contributed by atoms with Crippen molar-refractivity contribution in [1.29, 1.82) is 0 Å². The fourth-order valence-electron chi connectivity index (χ4n) is 7.98. The van der Waals surface area contributed by atoms with Crippen molar-refractivity contribution < 1.29 is 43.3 Å². The summed E-state index contributed by atoms with van der Waals surface area (Å²) in [6.45, 7) is 8.27. The van der Waals surface area contributed by atoms with E-state index >= 15 is 0 Å². The highest BCUT2D eigenvalue weighted by Gasteiger charge is 2.36. The third-order valence-corrected chi connectivity index (χ3v) is 12.3. The number of nitrogens with one attached hydrogen (secondary N) is 4. The highest BCUT2D eigenvalue weighted by molar-refractivity contribution is 6.30. The highest BCUT2D eigenvalue weighted by Crippen LogP contribution is 2.40. The van der Waals surface area contributed by atoms with Crippen LogP contribution in [-0.4, -0.2) is 127 Å². The maximum absolute atomic E-state index is 14.8. The lowest BCUT2D eigenvalue weighted by Gasteiger charge is -2.33. The predicted octanol–water partition coefficient (Wildman–Crippen LogP) is 4.16. The van der Waals surface area contributed by atoms with Crippen molar-refractivity contribution in [2.75, 3.05) is 53.0 Å². The van der Waals surface area contributed by atoms with Crippen LogP contribution in [0, 0.1) is 0 Å². The van der Waals surface area contributed by atoms with Crippen molar-refractivity contribution in [2.45, 2.75) is 76.7 Å². The second-order valence-electron chi connectivity index (χ2n) is 17.0. The Kier molecular flexibility index (Phi) is 17.5. The van der Waals surface area contributed by atoms with Crippen molar-refractivity contribution >= 4 is 46.9 Å². The van der Waals surface area contributed by atoms with Gasteiger partial charge in [0.2, 0.25) is 23.6 Å². The number of morpholine rings is 1. The number of carbonyl (C=O) groups excluding carboxylic acids is 6. The number of halogens is 1. The van der Waals surface area contributed by atoms with E-state index in [4.69, 9.17) is 26.8 Å². The van der Waals surface area contributed by atoms with Gasteiger partial charge in [-0.3, -0.25) is 33.7 Å². The van der Waals surface area contributed by atoms with E-state index < -0.39 is 59.7 Å². The summed E-state index contributed by atoms with van der Waals surface area (Å²) in [5.41, 5.74) is 9.49. The minimum atomic E-state index is -1.39. The van der Waals surface area contributed by atoms with Gasteiger partial charge in [-0.05, 0) is 117 Å². The molecule has 2 aliphatic rings. The number of amides is 5. The lowest BCUT2D eigenvalue weighted by Crippen LogP contribution is -2.56. The Bertz CT molecular complexity index is 2410. The number of phenolic OH excluding ortho intramolecular Hbond substituents is 1. The Hall–Kier alpha value is -6.33. The van der Waals surface area contributed by atoms with E-state index in [0.717, 1.165) is 24.2 Å². The number of benzene rings is 4. The first-order chi connectivity index (χ1) is 32.1. The molecule has 2 heterocycles. The fraction of sp³-hybridized carbons (Fsp3) is 0.400. The first kappa shape index (κ1) is 50.1. The Morgan fingerprint density at radius 3 is 2.27 bits per heavy atom. The number of carbonyl (C=O) groups is 6. The van der Waals surface area contributed by atoms with Crippen LogP contribution in [-0.2, 0) is 35.1 Å². The van der Waals surface area contributed by atoms with Crippen LogP contribution in [0.5, 0.6) is 11.5 Å². The maximum atomic E-state index is 14.8. The highest BCUT2D eigenvalue weighted by atomic mass is 35.5. The zero-order chi connectivity index (χ0) is 48.2. The Morgan fingerprint density at radius 2 is 1.60 bits per heavy atom. The van der Waals surface area contributed by atoms with Crippen LogP contribution in [0.25, 0.3) is 22.3 Å². The van der Waals surface area contributed by atoms with Crippen LogP contribution in [0.2, 0.25) is 5.02 Å². The molecule has 0 aromatic heterocycles. The lowest BCUT2D eigenvalue weighted by atomic mass is 9.93. The number of Topliss-reactive ketones (excluding diaryl/α,β-unsaturated/α-hetero) is 1. The summed E-state index contributed by atoms with van der Waals surface area (Å²) in [6, 6.07) is 18.2. The van der Waals surface area contributed by atoms with Gasteiger partial charge in [-0.25, -0.2) is 0 Å². The van der Waals surface area contributed by atoms with E-state index in [0.29, 0.717) is 77.7 Å². The normalized spacial score (nSPS) is 18.6. The van der Waals surface area contributed by atoms with E-state index in [1.807, 2.05) is 12.1 Å². The number of rotatable bonds is 16. The molecule has 5 atom stereocenters. The first-order valence-electron chi connectivity index (χ1n) is 22.6. The number of aromatic hydroxyl groups is 1. The zero-order valence-corrected chi connectivity index (χ0v) is 39.1. The number of fused-ring (bicyclic) bond motifs is 5. The van der Waals surface area contributed by atoms with Gasteiger partial charge in [-0.1, -0.05) is 48.0 Å². The molecule has 0 radical (unpaired) electrons. The van der Waals surface area contributed by atoms with Crippen LogP contribution in [0.15, 0.2) is 84.9 Å². The quantitative estimate of drug-likeness (QED) is 0.0877. The summed E-state index contributed by atoms with van der Waals surface area (Å²) in [7, 11) is 1.45. The zero-order valence-electron chi connectivity index (χ0n) is 38.3. The number of hydrogen-bond donors (Lipinski definition) is 6. The molecular weight excluding hydrogens is 878 g/mol. The average molecular weight is 939 g/mol. The molecule has 4 aromatic carbocycles. The number of nitrogens with zero attached hydrogens (tertiary/aromatic N) is 2. The largest absolute Gasteiger partial charge is 0.507 e. The monoisotopic (exact) mass is 937 g/mol. The van der Waals surface area contributed by atoms with E-state index in [1.165, 1.54) is 38.8 Å². The SMILES string of the molecule is CC(=O)C(C)NC(=O)C1Cc2ccc(O)c(c2)-c2cc(ccc2OCCN2CCOCC2)C(N(C)C(=O)C(CCCCN)NC(=O)c2ccc(-c3ccc(Cl)cc3)cc2)C(=O)NC(C)C(=O)N1. The number of ether oxygens (including phenoxy) is 2. The summed E-state index contributed by atoms with van der Waals surface area (Å²) in [5, 5.41) is 23.1. The Labute approximate surface area is 395 Å². The van der Waals surface area contributed by atoms with Gasteiger partial charge in [0.25, 0.3) is 5.91 Å². The number of nitrogens with two attached hydrogens (primary N) is 1. The molecule has 0 saturated carbocycles. The van der Waals surface area contributed by atoms with Gasteiger partial charge in [0, 0.05) is 54.8 Å². The Morgan fingerprint density at radius 1 is 0.910 bits per heavy atom. The third-order valence-electron chi connectivity index (χ3n) is 12.1. The van der Waals surface area contributed by atoms with E-state index in [1.54, 1.807) is 66.7 Å². The number of phenols is 1. The molecule has 0 aliphatic carbocycles. The molecule has 17 heteroatoms. The predicted molar refractivity (Wildman–Crippen MR) is 254 cm³/mol. The van der Waals surface area contributed by atoms with E-state index in [2.05, 4.69) is 26.2 Å². The molecule has 4 aromatic rings. The fourth-order valence-corrected chi connectivity index (χ4v) is 8.10. The van der Waals surface area contributed by atoms with Crippen LogP contribution in [0.4, 0.5) is 0 Å². The molecule has 356 valence electrons. The van der Waals surface area contributed by atoms with Gasteiger partial charge < -0.3 is 46.5 Å². The van der Waals surface area contributed by atoms with Gasteiger partial charge >= 0.3 is 0 Å². The molecule has 4 bridgehead atoms. The van der Waals surface area contributed by atoms with E-state index in [9.17, 15) is 33.9 Å². The molecule has 16 nitrogen and oxygen atoms in total. The molecular formula is C50H60ClN7O9. The van der Waals surface area contributed by atoms with Crippen molar-refractivity contribution in [1.82, 2.24) is 31.1 Å². The summed E-state index contributed by atoms with van der Waals surface area (Å²) in [6.07, 6.45) is 1.23. The summed E-state index contributed by atoms with van der Waals surface area (Å²) in [4.78, 5) is 86.4. The van der Waals surface area contributed by atoms with Gasteiger partial charge in [0.05, 0.1) is 19.3 Å². The molecule has 2 aliphatic heterocycles. The minimum absolute atomic E-state index is 0.0350. The smallest absolute Gasteiger partial charge is 0.251 e. The first-order valence-corrected chi connectivity index (χ1v) is 23.0. The molecule has 0 spiro atoms. The number of unbranched alkanes of at least 4 members (excludes halogenated alkanes) is 1. The maximum Gasteiger partial charge on any atom is 0.251 e. The van der Waals surface area contributed by atoms with Crippen LogP contribution < -0.4 is 31.7 Å². The second-order valence-corrected chi connectivity index (χ2v) is 17.4. The van der Waals surface area contributed by atoms with Crippen molar-refractivity contribution in [3.05, 3.63) is 107 Å². The molecule has 5 unspecified atom stereocenters.